The van der Waals surface area contributed by atoms with Crippen molar-refractivity contribution in [2.75, 3.05) is 0 Å². The first kappa shape index (κ1) is 30.8. The summed E-state index contributed by atoms with van der Waals surface area (Å²) >= 11 is 0. The second kappa shape index (κ2) is 13.0. The highest BCUT2D eigenvalue weighted by molar-refractivity contribution is 6.20. The highest BCUT2D eigenvalue weighted by Crippen LogP contribution is 2.41. The van der Waals surface area contributed by atoms with Crippen molar-refractivity contribution in [2.24, 2.45) is 9.98 Å². The minimum atomic E-state index is -0.388. The molecule has 2 atom stereocenters. The maximum Gasteiger partial charge on any atom is 0.169 e. The van der Waals surface area contributed by atoms with Crippen LogP contribution in [0.1, 0.15) is 45.8 Å². The summed E-state index contributed by atoms with van der Waals surface area (Å²) in [4.78, 5) is 10.4. The summed E-state index contributed by atoms with van der Waals surface area (Å²) in [6, 6.07) is 59.2. The lowest BCUT2D eigenvalue weighted by Gasteiger charge is -2.26. The lowest BCUT2D eigenvalue weighted by atomic mass is 9.88. The van der Waals surface area contributed by atoms with E-state index in [4.69, 9.17) is 14.4 Å². The van der Waals surface area contributed by atoms with Crippen molar-refractivity contribution in [3.05, 3.63) is 210 Å². The first-order valence-corrected chi connectivity index (χ1v) is 18.0. The molecule has 5 heteroatoms. The van der Waals surface area contributed by atoms with Crippen molar-refractivity contribution in [2.45, 2.75) is 12.2 Å². The van der Waals surface area contributed by atoms with E-state index >= 15 is 0 Å². The van der Waals surface area contributed by atoms with Crippen molar-refractivity contribution in [3.63, 3.8) is 0 Å². The summed E-state index contributed by atoms with van der Waals surface area (Å²) in [5.74, 6) is 2.46. The Morgan fingerprint density at radius 1 is 0.491 bits per heavy atom. The Bertz CT molecular complexity index is 2710. The molecule has 2 N–H and O–H groups in total. The van der Waals surface area contributed by atoms with Crippen LogP contribution in [-0.4, -0.2) is 11.7 Å². The summed E-state index contributed by atoms with van der Waals surface area (Å²) in [6.07, 6.45) is 3.64. The van der Waals surface area contributed by atoms with Gasteiger partial charge in [0.2, 0.25) is 0 Å². The summed E-state index contributed by atoms with van der Waals surface area (Å²) in [6.45, 7) is 0. The highest BCUT2D eigenvalue weighted by Gasteiger charge is 2.28. The fourth-order valence-electron chi connectivity index (χ4n) is 7.66. The molecule has 7 aromatic carbocycles. The summed E-state index contributed by atoms with van der Waals surface area (Å²) < 4.78 is 6.51. The van der Waals surface area contributed by atoms with Gasteiger partial charge in [-0.1, -0.05) is 164 Å². The van der Waals surface area contributed by atoms with Crippen LogP contribution in [0.2, 0.25) is 0 Å². The number of furan rings is 1. The van der Waals surface area contributed by atoms with Crippen molar-refractivity contribution in [3.8, 4) is 22.3 Å². The minimum Gasteiger partial charge on any atom is -0.456 e. The zero-order valence-corrected chi connectivity index (χ0v) is 28.8. The Kier molecular flexibility index (Phi) is 7.54. The van der Waals surface area contributed by atoms with Gasteiger partial charge >= 0.3 is 0 Å². The average Bonchev–Trinajstić information content (AvgIpc) is 3.62. The molecule has 2 aliphatic heterocycles. The predicted molar refractivity (Wildman–Crippen MR) is 217 cm³/mol. The van der Waals surface area contributed by atoms with Gasteiger partial charge in [-0.15, -0.1) is 0 Å². The number of benzene rings is 7. The highest BCUT2D eigenvalue weighted by atomic mass is 16.3. The van der Waals surface area contributed by atoms with Crippen molar-refractivity contribution < 1.29 is 4.42 Å². The fraction of sp³-hybridized carbons (Fsp3) is 0.0417. The minimum absolute atomic E-state index is 0.101. The van der Waals surface area contributed by atoms with Gasteiger partial charge in [0, 0.05) is 28.3 Å². The number of nitrogens with zero attached hydrogens (tertiary/aromatic N) is 2. The fourth-order valence-corrected chi connectivity index (χ4v) is 7.66. The molecule has 2 aliphatic rings. The van der Waals surface area contributed by atoms with Gasteiger partial charge in [-0.05, 0) is 56.3 Å². The molecule has 252 valence electrons. The van der Waals surface area contributed by atoms with E-state index < -0.39 is 0 Å². The maximum absolute atomic E-state index is 6.51. The molecule has 5 nitrogen and oxygen atoms in total. The maximum atomic E-state index is 6.51. The Morgan fingerprint density at radius 3 is 1.85 bits per heavy atom. The molecule has 0 saturated carbocycles. The number of aliphatic imine (C=N–C) groups is 2. The predicted octanol–water partition coefficient (Wildman–Crippen LogP) is 11.1. The van der Waals surface area contributed by atoms with Crippen LogP contribution in [-0.2, 0) is 0 Å². The van der Waals surface area contributed by atoms with Crippen LogP contribution < -0.4 is 10.6 Å². The third-order valence-corrected chi connectivity index (χ3v) is 10.3. The molecule has 53 heavy (non-hydrogen) atoms. The smallest absolute Gasteiger partial charge is 0.169 e. The Hall–Kier alpha value is -6.98. The van der Waals surface area contributed by atoms with Gasteiger partial charge < -0.3 is 15.1 Å². The number of fused-ring (bicyclic) bond motifs is 4. The van der Waals surface area contributed by atoms with Crippen LogP contribution in [0.15, 0.2) is 190 Å². The standard InChI is InChI=1S/C48H34N4O/c1-4-12-31(13-5-1)33-20-22-35(23-21-33)47-50-46(34-16-8-3-9-17-34)51-48(52-47)40-27-26-39(37-18-10-11-19-38(37)40)45-44-41-25-24-36(32-14-6-2-7-15-32)30-43(41)53-42(44)28-29-49-45/h1-30,45-46,49H,(H,50,51,52). The van der Waals surface area contributed by atoms with Gasteiger partial charge in [-0.2, -0.15) is 0 Å². The number of hydrogen-bond donors (Lipinski definition) is 2. The van der Waals surface area contributed by atoms with Crippen LogP contribution in [0.25, 0.3) is 50.1 Å². The number of hydrogen-bond acceptors (Lipinski definition) is 5. The molecule has 1 aromatic heterocycles. The third kappa shape index (κ3) is 5.60. The van der Waals surface area contributed by atoms with E-state index in [1.54, 1.807) is 0 Å². The normalized spacial score (nSPS) is 16.4. The molecule has 0 fully saturated rings. The van der Waals surface area contributed by atoms with E-state index in [2.05, 4.69) is 150 Å². The molecular formula is C48H34N4O. The second-order valence-corrected chi connectivity index (χ2v) is 13.4. The monoisotopic (exact) mass is 682 g/mol. The van der Waals surface area contributed by atoms with E-state index in [-0.39, 0.29) is 12.2 Å². The van der Waals surface area contributed by atoms with Crippen LogP contribution >= 0.6 is 0 Å². The summed E-state index contributed by atoms with van der Waals surface area (Å²) in [7, 11) is 0. The molecule has 10 rings (SSSR count). The molecule has 3 heterocycles. The molecule has 0 aliphatic carbocycles. The molecule has 8 aromatic rings. The van der Waals surface area contributed by atoms with Crippen molar-refractivity contribution in [1.29, 1.82) is 0 Å². The van der Waals surface area contributed by atoms with Gasteiger partial charge in [-0.25, -0.2) is 9.98 Å². The van der Waals surface area contributed by atoms with Crippen LogP contribution in [0.5, 0.6) is 0 Å². The van der Waals surface area contributed by atoms with E-state index in [1.165, 1.54) is 16.7 Å². The lowest BCUT2D eigenvalue weighted by Crippen LogP contribution is -2.36. The van der Waals surface area contributed by atoms with Gasteiger partial charge in [0.15, 0.2) is 6.17 Å². The zero-order chi connectivity index (χ0) is 35.1. The summed E-state index contributed by atoms with van der Waals surface area (Å²) in [5.41, 5.74) is 10.9. The Morgan fingerprint density at radius 2 is 1.09 bits per heavy atom. The average molecular weight is 683 g/mol. The lowest BCUT2D eigenvalue weighted by molar-refractivity contribution is 0.582. The van der Waals surface area contributed by atoms with Crippen molar-refractivity contribution in [1.82, 2.24) is 10.6 Å². The zero-order valence-electron chi connectivity index (χ0n) is 28.8. The first-order chi connectivity index (χ1) is 26.3. The molecule has 0 amide bonds. The number of rotatable bonds is 6. The molecular weight excluding hydrogens is 649 g/mol. The quantitative estimate of drug-likeness (QED) is 0.183. The third-order valence-electron chi connectivity index (χ3n) is 10.3. The van der Waals surface area contributed by atoms with Gasteiger partial charge in [0.1, 0.15) is 23.0 Å². The molecule has 2 unspecified atom stereocenters. The topological polar surface area (TPSA) is 61.9 Å². The van der Waals surface area contributed by atoms with Gasteiger partial charge in [-0.3, -0.25) is 0 Å². The van der Waals surface area contributed by atoms with E-state index in [1.807, 2.05) is 42.6 Å². The van der Waals surface area contributed by atoms with Gasteiger partial charge in [0.05, 0.1) is 6.04 Å². The second-order valence-electron chi connectivity index (χ2n) is 13.4. The van der Waals surface area contributed by atoms with Crippen LogP contribution in [0.4, 0.5) is 0 Å². The first-order valence-electron chi connectivity index (χ1n) is 18.0. The number of amidine groups is 2. The molecule has 0 bridgehead atoms. The van der Waals surface area contributed by atoms with E-state index in [0.717, 1.165) is 72.6 Å². The summed E-state index contributed by atoms with van der Waals surface area (Å²) in [5, 5.41) is 10.7. The number of nitrogens with one attached hydrogen (secondary N) is 2. The van der Waals surface area contributed by atoms with E-state index in [0.29, 0.717) is 0 Å². The van der Waals surface area contributed by atoms with Crippen LogP contribution in [0, 0.1) is 0 Å². The molecule has 0 saturated heterocycles. The molecule has 0 radical (unpaired) electrons. The molecule has 0 spiro atoms. The van der Waals surface area contributed by atoms with Gasteiger partial charge in [0.25, 0.3) is 0 Å². The van der Waals surface area contributed by atoms with Crippen molar-refractivity contribution >= 4 is 39.5 Å². The largest absolute Gasteiger partial charge is 0.456 e. The van der Waals surface area contributed by atoms with Crippen LogP contribution in [0.3, 0.4) is 0 Å². The Balaban J connectivity index is 1.05. The SMILES string of the molecule is C1=Cc2oc3cc(-c4ccccc4)ccc3c2C(c2ccc(C3=NC(c4ccccc4)N=C(c4ccc(-c5ccccc5)cc4)N3)c3ccccc23)N1. The van der Waals surface area contributed by atoms with E-state index in [9.17, 15) is 0 Å². The Labute approximate surface area is 307 Å².